The van der Waals surface area contributed by atoms with Crippen molar-refractivity contribution in [3.05, 3.63) is 66.2 Å². The molecule has 2 aliphatic heterocycles. The molecule has 2 fully saturated rings. The van der Waals surface area contributed by atoms with Gasteiger partial charge in [-0.1, -0.05) is 99.1 Å². The summed E-state index contributed by atoms with van der Waals surface area (Å²) in [6.07, 6.45) is -0.432. The van der Waals surface area contributed by atoms with Gasteiger partial charge < -0.3 is 28.1 Å². The van der Waals surface area contributed by atoms with E-state index in [1.807, 2.05) is 71.0 Å². The lowest BCUT2D eigenvalue weighted by molar-refractivity contribution is -0.152. The van der Waals surface area contributed by atoms with Crippen LogP contribution in [-0.2, 0) is 44.6 Å². The molecule has 0 aliphatic carbocycles. The molecule has 8 nitrogen and oxygen atoms in total. The molecular formula is C36H55BrO8SSi. The zero-order chi connectivity index (χ0) is 34.9. The second-order valence-electron chi connectivity index (χ2n) is 15.7. The molecule has 2 aliphatic rings. The topological polar surface area (TPSA) is 92.8 Å². The van der Waals surface area contributed by atoms with Crippen LogP contribution in [0.1, 0.15) is 73.8 Å². The highest BCUT2D eigenvalue weighted by Crippen LogP contribution is 2.55. The molecule has 2 saturated heterocycles. The summed E-state index contributed by atoms with van der Waals surface area (Å²) >= 11 is 3.94. The summed E-state index contributed by atoms with van der Waals surface area (Å²) in [7, 11) is -5.95. The van der Waals surface area contributed by atoms with Gasteiger partial charge in [-0.25, -0.2) is 8.42 Å². The molecule has 2 heterocycles. The number of halogens is 1. The van der Waals surface area contributed by atoms with Crippen LogP contribution in [0.25, 0.3) is 0 Å². The second-order valence-corrected chi connectivity index (χ2v) is 23.8. The molecule has 0 N–H and O–H groups in total. The van der Waals surface area contributed by atoms with Crippen LogP contribution in [0, 0.1) is 5.41 Å². The van der Waals surface area contributed by atoms with E-state index in [0.29, 0.717) is 24.3 Å². The molecule has 0 radical (unpaired) electrons. The standard InChI is InChI=1S/C36H55BrO8SSi/c1-26-30(43-35(7,8)42-26)21-28(41-25-40-23-27-17-13-11-14-18-27)22-36(37)32(44-36)31(45-47(9,10)33(2,3)4)34(5,6)24-46(38,39)29-19-15-12-16-20-29/h11-20,26,28,30-32H,21-25H2,1-10H3/t26-,28-,30-,31-,32-,36-/m1/s1. The monoisotopic (exact) mass is 754 g/mol. The predicted molar refractivity (Wildman–Crippen MR) is 191 cm³/mol. The minimum Gasteiger partial charge on any atom is -0.411 e. The molecule has 0 aromatic heterocycles. The largest absolute Gasteiger partial charge is 0.411 e. The summed E-state index contributed by atoms with van der Waals surface area (Å²) in [5.41, 5.74) is 0.289. The van der Waals surface area contributed by atoms with Crippen molar-refractivity contribution in [3.63, 3.8) is 0 Å². The van der Waals surface area contributed by atoms with E-state index in [-0.39, 0.29) is 35.9 Å². The van der Waals surface area contributed by atoms with Crippen LogP contribution in [0.3, 0.4) is 0 Å². The average molecular weight is 756 g/mol. The van der Waals surface area contributed by atoms with Gasteiger partial charge in [0.1, 0.15) is 12.9 Å². The van der Waals surface area contributed by atoms with E-state index in [4.69, 9.17) is 28.1 Å². The van der Waals surface area contributed by atoms with E-state index in [2.05, 4.69) is 49.8 Å². The number of benzene rings is 2. The Labute approximate surface area is 292 Å². The molecule has 2 aromatic carbocycles. The molecule has 0 unspecified atom stereocenters. The van der Waals surface area contributed by atoms with Crippen LogP contribution < -0.4 is 0 Å². The van der Waals surface area contributed by atoms with Crippen molar-refractivity contribution in [1.29, 1.82) is 0 Å². The van der Waals surface area contributed by atoms with Crippen LogP contribution in [0.4, 0.5) is 0 Å². The van der Waals surface area contributed by atoms with Crippen LogP contribution in [-0.4, -0.2) is 70.1 Å². The normalized spacial score (nSPS) is 26.2. The van der Waals surface area contributed by atoms with Crippen LogP contribution in [0.5, 0.6) is 0 Å². The maximum absolute atomic E-state index is 13.7. The fourth-order valence-electron chi connectivity index (χ4n) is 5.95. The van der Waals surface area contributed by atoms with E-state index in [9.17, 15) is 8.42 Å². The zero-order valence-electron chi connectivity index (χ0n) is 29.7. The van der Waals surface area contributed by atoms with Gasteiger partial charge in [0.25, 0.3) is 0 Å². The fourth-order valence-corrected chi connectivity index (χ4v) is 10.1. The third-order valence-corrected chi connectivity index (χ3v) is 17.1. The highest BCUT2D eigenvalue weighted by molar-refractivity contribution is 9.10. The van der Waals surface area contributed by atoms with Gasteiger partial charge >= 0.3 is 0 Å². The van der Waals surface area contributed by atoms with Gasteiger partial charge in [0, 0.05) is 18.3 Å². The number of hydrogen-bond donors (Lipinski definition) is 0. The molecule has 0 spiro atoms. The number of rotatable bonds is 16. The Bertz CT molecular complexity index is 1410. The van der Waals surface area contributed by atoms with Crippen LogP contribution >= 0.6 is 15.9 Å². The molecule has 4 rings (SSSR count). The van der Waals surface area contributed by atoms with Gasteiger partial charge in [0.15, 0.2) is 28.5 Å². The van der Waals surface area contributed by atoms with Gasteiger partial charge in [-0.05, 0) is 56.6 Å². The first kappa shape index (κ1) is 38.6. The van der Waals surface area contributed by atoms with Crippen molar-refractivity contribution in [2.45, 2.75) is 139 Å². The zero-order valence-corrected chi connectivity index (χ0v) is 33.2. The Morgan fingerprint density at radius 1 is 0.936 bits per heavy atom. The SMILES string of the molecule is C[C@H]1OC(C)(C)O[C@@H]1C[C@H](C[C@@]1(Br)O[C@@H]1[C@@H](O[Si](C)(C)C(C)(C)C)C(C)(C)CS(=O)(=O)c1ccccc1)OCOCc1ccccc1. The highest BCUT2D eigenvalue weighted by atomic mass is 79.9. The first-order chi connectivity index (χ1) is 21.6. The molecule has 0 amide bonds. The van der Waals surface area contributed by atoms with Crippen molar-refractivity contribution in [3.8, 4) is 0 Å². The van der Waals surface area contributed by atoms with E-state index in [0.717, 1.165) is 5.56 Å². The molecule has 0 bridgehead atoms. The van der Waals surface area contributed by atoms with Crippen molar-refractivity contribution < 1.29 is 36.5 Å². The summed E-state index contributed by atoms with van der Waals surface area (Å²) in [6.45, 7) is 21.3. The summed E-state index contributed by atoms with van der Waals surface area (Å²) in [4.78, 5) is 0.306. The Morgan fingerprint density at radius 2 is 1.53 bits per heavy atom. The van der Waals surface area contributed by atoms with E-state index in [1.165, 1.54) is 0 Å². The second kappa shape index (κ2) is 14.6. The number of alkyl halides is 1. The van der Waals surface area contributed by atoms with E-state index < -0.39 is 46.1 Å². The van der Waals surface area contributed by atoms with Crippen molar-refractivity contribution >= 4 is 34.1 Å². The predicted octanol–water partition coefficient (Wildman–Crippen LogP) is 8.25. The smallest absolute Gasteiger partial charge is 0.192 e. The van der Waals surface area contributed by atoms with E-state index >= 15 is 0 Å². The quantitative estimate of drug-likeness (QED) is 0.0557. The van der Waals surface area contributed by atoms with Crippen molar-refractivity contribution in [1.82, 2.24) is 0 Å². The molecule has 0 saturated carbocycles. The molecule has 264 valence electrons. The van der Waals surface area contributed by atoms with Crippen molar-refractivity contribution in [2.75, 3.05) is 12.5 Å². The van der Waals surface area contributed by atoms with Gasteiger partial charge in [-0.3, -0.25) is 0 Å². The Balaban J connectivity index is 1.55. The summed E-state index contributed by atoms with van der Waals surface area (Å²) in [5, 5.41) is -0.0893. The molecule has 2 aromatic rings. The van der Waals surface area contributed by atoms with Gasteiger partial charge in [0.05, 0.1) is 41.7 Å². The maximum atomic E-state index is 13.7. The lowest BCUT2D eigenvalue weighted by atomic mass is 9.85. The number of sulfone groups is 1. The first-order valence-electron chi connectivity index (χ1n) is 16.6. The number of ether oxygens (including phenoxy) is 5. The average Bonchev–Trinajstić information content (AvgIpc) is 3.53. The highest BCUT2D eigenvalue weighted by Gasteiger charge is 2.64. The molecule has 47 heavy (non-hydrogen) atoms. The summed E-state index contributed by atoms with van der Waals surface area (Å²) in [5.74, 6) is -0.765. The number of hydrogen-bond acceptors (Lipinski definition) is 8. The number of epoxide rings is 1. The van der Waals surface area contributed by atoms with Gasteiger partial charge in [-0.2, -0.15) is 0 Å². The van der Waals surface area contributed by atoms with E-state index in [1.54, 1.807) is 24.3 Å². The molecule has 11 heteroatoms. The van der Waals surface area contributed by atoms with Crippen LogP contribution in [0.15, 0.2) is 65.6 Å². The third kappa shape index (κ3) is 10.2. The minimum absolute atomic E-state index is 0.0840. The van der Waals surface area contributed by atoms with Gasteiger partial charge in [-0.15, -0.1) is 0 Å². The first-order valence-corrected chi connectivity index (χ1v) is 21.9. The fraction of sp³-hybridized carbons (Fsp3) is 0.667. The van der Waals surface area contributed by atoms with Gasteiger partial charge in [0.2, 0.25) is 0 Å². The molecule has 6 atom stereocenters. The Kier molecular flexibility index (Phi) is 12.0. The Morgan fingerprint density at radius 3 is 2.09 bits per heavy atom. The minimum atomic E-state index is -3.60. The van der Waals surface area contributed by atoms with Crippen LogP contribution in [0.2, 0.25) is 18.1 Å². The summed E-state index contributed by atoms with van der Waals surface area (Å²) < 4.78 is 64.7. The summed E-state index contributed by atoms with van der Waals surface area (Å²) in [6, 6.07) is 18.6. The molecular weight excluding hydrogens is 700 g/mol. The lowest BCUT2D eigenvalue weighted by Crippen LogP contribution is -2.52. The third-order valence-electron chi connectivity index (χ3n) is 9.56. The maximum Gasteiger partial charge on any atom is 0.192 e. The lowest BCUT2D eigenvalue weighted by Gasteiger charge is -2.44. The Hall–Kier alpha value is -1.15. The van der Waals surface area contributed by atoms with Crippen molar-refractivity contribution in [2.24, 2.45) is 5.41 Å².